The van der Waals surface area contributed by atoms with E-state index in [2.05, 4.69) is 32.0 Å². The van der Waals surface area contributed by atoms with Gasteiger partial charge in [0.05, 0.1) is 72.6 Å². The number of amides is 2. The summed E-state index contributed by atoms with van der Waals surface area (Å²) in [5.41, 5.74) is 2.57. The molecule has 13 nitrogen and oxygen atoms in total. The number of alkyl carbamates (subject to hydrolysis) is 1. The zero-order valence-corrected chi connectivity index (χ0v) is 29.3. The zero-order chi connectivity index (χ0) is 35.9. The molecule has 0 atom stereocenters. The molecule has 0 unspecified atom stereocenters. The van der Waals surface area contributed by atoms with Crippen molar-refractivity contribution >= 4 is 51.6 Å². The quantitative estimate of drug-likeness (QED) is 0.0994. The third kappa shape index (κ3) is 11.8. The molecule has 0 aliphatic heterocycles. The summed E-state index contributed by atoms with van der Waals surface area (Å²) in [4.78, 5) is 33.3. The molecule has 0 radical (unpaired) electrons. The van der Waals surface area contributed by atoms with Gasteiger partial charge in [0, 0.05) is 36.1 Å². The van der Waals surface area contributed by atoms with Crippen LogP contribution in [-0.2, 0) is 25.6 Å². The molecule has 14 heteroatoms. The van der Waals surface area contributed by atoms with Crippen molar-refractivity contribution < 1.29 is 33.3 Å². The number of halogens is 1. The SMILES string of the molecule is CCOc1cc2ncc(C#N)c(Nc3ccc(OCc4ccccn4)c(Cl)c3)c2cc1NC(=O)CCOCCOCCNC(=O)OC(C)(C)C. The van der Waals surface area contributed by atoms with E-state index < -0.39 is 11.7 Å². The lowest BCUT2D eigenvalue weighted by Crippen LogP contribution is -2.34. The lowest BCUT2D eigenvalue weighted by Gasteiger charge is -2.19. The van der Waals surface area contributed by atoms with Crippen LogP contribution >= 0.6 is 11.6 Å². The fourth-order valence-corrected chi connectivity index (χ4v) is 4.76. The van der Waals surface area contributed by atoms with Crippen LogP contribution in [0.15, 0.2) is 60.9 Å². The van der Waals surface area contributed by atoms with Crippen molar-refractivity contribution in [2.75, 3.05) is 50.2 Å². The molecule has 4 rings (SSSR count). The summed E-state index contributed by atoms with van der Waals surface area (Å²) in [6.45, 7) is 9.17. The van der Waals surface area contributed by atoms with E-state index in [1.807, 2.05) is 25.1 Å². The number of fused-ring (bicyclic) bond motifs is 1. The average Bonchev–Trinajstić information content (AvgIpc) is 3.07. The van der Waals surface area contributed by atoms with Crippen LogP contribution in [0.3, 0.4) is 0 Å². The van der Waals surface area contributed by atoms with Crippen LogP contribution in [0.2, 0.25) is 5.02 Å². The Labute approximate surface area is 296 Å². The van der Waals surface area contributed by atoms with Crippen LogP contribution in [0.1, 0.15) is 45.4 Å². The molecule has 264 valence electrons. The highest BCUT2D eigenvalue weighted by molar-refractivity contribution is 6.32. The Kier molecular flexibility index (Phi) is 14.0. The molecule has 2 aromatic carbocycles. The van der Waals surface area contributed by atoms with Crippen molar-refractivity contribution in [3.8, 4) is 17.6 Å². The van der Waals surface area contributed by atoms with Crippen LogP contribution < -0.4 is 25.4 Å². The topological polar surface area (TPSA) is 166 Å². The monoisotopic (exact) mass is 704 g/mol. The third-order valence-electron chi connectivity index (χ3n) is 6.73. The van der Waals surface area contributed by atoms with E-state index in [1.54, 1.807) is 57.3 Å². The summed E-state index contributed by atoms with van der Waals surface area (Å²) in [5, 5.41) is 19.7. The number of rotatable bonds is 17. The van der Waals surface area contributed by atoms with E-state index in [0.717, 1.165) is 5.69 Å². The third-order valence-corrected chi connectivity index (χ3v) is 7.02. The maximum atomic E-state index is 12.9. The van der Waals surface area contributed by atoms with Gasteiger partial charge in [-0.15, -0.1) is 0 Å². The minimum atomic E-state index is -0.566. The maximum Gasteiger partial charge on any atom is 0.407 e. The second-order valence-corrected chi connectivity index (χ2v) is 12.2. The predicted molar refractivity (Wildman–Crippen MR) is 190 cm³/mol. The van der Waals surface area contributed by atoms with E-state index in [0.29, 0.717) is 76.4 Å². The Morgan fingerprint density at radius 3 is 2.46 bits per heavy atom. The highest BCUT2D eigenvalue weighted by Gasteiger charge is 2.17. The van der Waals surface area contributed by atoms with Gasteiger partial charge in [0.1, 0.15) is 29.8 Å². The first-order valence-corrected chi connectivity index (χ1v) is 16.4. The van der Waals surface area contributed by atoms with E-state index in [1.165, 1.54) is 6.20 Å². The first kappa shape index (κ1) is 37.7. The summed E-state index contributed by atoms with van der Waals surface area (Å²) in [6, 6.07) is 16.4. The lowest BCUT2D eigenvalue weighted by atomic mass is 10.1. The maximum absolute atomic E-state index is 12.9. The fourth-order valence-electron chi connectivity index (χ4n) is 4.53. The molecule has 2 amide bonds. The molecular weight excluding hydrogens is 664 g/mol. The lowest BCUT2D eigenvalue weighted by molar-refractivity contribution is -0.117. The number of nitrogens with zero attached hydrogens (tertiary/aromatic N) is 3. The number of nitrogens with one attached hydrogen (secondary N) is 3. The number of carbonyl (C=O) groups is 2. The Bertz CT molecular complexity index is 1790. The molecule has 2 heterocycles. The number of carbonyl (C=O) groups excluding carboxylic acids is 2. The summed E-state index contributed by atoms with van der Waals surface area (Å²) in [7, 11) is 0. The first-order valence-electron chi connectivity index (χ1n) is 16.1. The van der Waals surface area contributed by atoms with Gasteiger partial charge in [0.15, 0.2) is 0 Å². The van der Waals surface area contributed by atoms with Crippen LogP contribution in [0.25, 0.3) is 10.9 Å². The zero-order valence-electron chi connectivity index (χ0n) is 28.5. The standard InChI is InChI=1S/C36H41ClN6O7/c1-5-48-32-20-29-27(19-30(32)43-33(44)11-14-46-16-17-47-15-13-40-35(45)50-36(2,3)4)34(24(21-38)22-41-29)42-25-9-10-31(28(37)18-25)49-23-26-8-6-7-12-39-26/h6-10,12,18-20,22H,5,11,13-17,23H2,1-4H3,(H,40,45)(H,41,42)(H,43,44). The average molecular weight is 705 g/mol. The normalized spacial score (nSPS) is 11.0. The summed E-state index contributed by atoms with van der Waals surface area (Å²) in [5.74, 6) is 0.626. The van der Waals surface area contributed by atoms with Crippen molar-refractivity contribution in [1.29, 1.82) is 5.26 Å². The molecule has 3 N–H and O–H groups in total. The molecule has 0 bridgehead atoms. The van der Waals surface area contributed by atoms with Gasteiger partial charge in [0.25, 0.3) is 0 Å². The number of benzene rings is 2. The molecule has 0 aliphatic carbocycles. The minimum Gasteiger partial charge on any atom is -0.492 e. The number of nitriles is 1. The number of anilines is 3. The van der Waals surface area contributed by atoms with Gasteiger partial charge < -0.3 is 39.6 Å². The van der Waals surface area contributed by atoms with E-state index in [9.17, 15) is 14.9 Å². The van der Waals surface area contributed by atoms with E-state index in [4.69, 9.17) is 35.3 Å². The number of hydrogen-bond donors (Lipinski definition) is 3. The smallest absolute Gasteiger partial charge is 0.407 e. The van der Waals surface area contributed by atoms with Crippen LogP contribution in [0, 0.1) is 11.3 Å². The largest absolute Gasteiger partial charge is 0.492 e. The molecule has 0 spiro atoms. The van der Waals surface area contributed by atoms with Crippen molar-refractivity contribution in [2.45, 2.75) is 46.3 Å². The predicted octanol–water partition coefficient (Wildman–Crippen LogP) is 6.76. The van der Waals surface area contributed by atoms with Gasteiger partial charge in [-0.1, -0.05) is 17.7 Å². The Hall–Kier alpha value is -5.16. The van der Waals surface area contributed by atoms with Gasteiger partial charge in [-0.25, -0.2) is 4.79 Å². The Morgan fingerprint density at radius 1 is 0.960 bits per heavy atom. The van der Waals surface area contributed by atoms with Gasteiger partial charge >= 0.3 is 6.09 Å². The van der Waals surface area contributed by atoms with Crippen LogP contribution in [0.5, 0.6) is 11.5 Å². The molecular formula is C36H41ClN6O7. The molecule has 0 saturated carbocycles. The first-order chi connectivity index (χ1) is 24.1. The van der Waals surface area contributed by atoms with Crippen LogP contribution in [0.4, 0.5) is 21.9 Å². The number of hydrogen-bond acceptors (Lipinski definition) is 11. The highest BCUT2D eigenvalue weighted by atomic mass is 35.5. The summed E-state index contributed by atoms with van der Waals surface area (Å²) >= 11 is 6.55. The van der Waals surface area contributed by atoms with E-state index >= 15 is 0 Å². The van der Waals surface area contributed by atoms with Crippen molar-refractivity contribution in [2.24, 2.45) is 0 Å². The molecule has 0 aliphatic rings. The number of aromatic nitrogens is 2. The molecule has 0 fully saturated rings. The molecule has 0 saturated heterocycles. The Balaban J connectivity index is 1.36. The second kappa shape index (κ2) is 18.6. The van der Waals surface area contributed by atoms with Crippen molar-refractivity contribution in [1.82, 2.24) is 15.3 Å². The minimum absolute atomic E-state index is 0.0820. The molecule has 50 heavy (non-hydrogen) atoms. The molecule has 4 aromatic rings. The van der Waals surface area contributed by atoms with Crippen molar-refractivity contribution in [3.05, 3.63) is 77.2 Å². The van der Waals surface area contributed by atoms with Gasteiger partial charge in [-0.2, -0.15) is 5.26 Å². The van der Waals surface area contributed by atoms with Gasteiger partial charge in [-0.05, 0) is 64.1 Å². The van der Waals surface area contributed by atoms with E-state index in [-0.39, 0.29) is 32.1 Å². The van der Waals surface area contributed by atoms with Gasteiger partial charge in [-0.3, -0.25) is 14.8 Å². The molecule has 2 aromatic heterocycles. The summed E-state index contributed by atoms with van der Waals surface area (Å²) < 4.78 is 27.8. The Morgan fingerprint density at radius 2 is 1.76 bits per heavy atom. The number of pyridine rings is 2. The highest BCUT2D eigenvalue weighted by Crippen LogP contribution is 2.37. The van der Waals surface area contributed by atoms with Gasteiger partial charge in [0.2, 0.25) is 5.91 Å². The second-order valence-electron chi connectivity index (χ2n) is 11.8. The summed E-state index contributed by atoms with van der Waals surface area (Å²) in [6.07, 6.45) is 2.75. The fraction of sp³-hybridized carbons (Fsp3) is 0.361. The number of ether oxygens (including phenoxy) is 5. The van der Waals surface area contributed by atoms with Crippen molar-refractivity contribution in [3.63, 3.8) is 0 Å². The van der Waals surface area contributed by atoms with Crippen LogP contribution in [-0.4, -0.2) is 67.1 Å².